The second kappa shape index (κ2) is 3.48. The number of hydrogen-bond acceptors (Lipinski definition) is 2. The minimum absolute atomic E-state index is 0.152. The summed E-state index contributed by atoms with van der Waals surface area (Å²) in [6.07, 6.45) is 6.20. The number of hydrogen-bond donors (Lipinski definition) is 1. The van der Waals surface area contributed by atoms with Crippen LogP contribution in [-0.4, -0.2) is 34.6 Å². The van der Waals surface area contributed by atoms with Crippen LogP contribution in [0.4, 0.5) is 0 Å². The molecule has 3 atom stereocenters. The van der Waals surface area contributed by atoms with E-state index in [4.69, 9.17) is 0 Å². The van der Waals surface area contributed by atoms with Gasteiger partial charge in [0.05, 0.1) is 6.10 Å². The van der Waals surface area contributed by atoms with Crippen LogP contribution in [0.5, 0.6) is 0 Å². The van der Waals surface area contributed by atoms with Gasteiger partial charge in [-0.25, -0.2) is 0 Å². The zero-order valence-electron chi connectivity index (χ0n) is 9.06. The summed E-state index contributed by atoms with van der Waals surface area (Å²) in [6.45, 7) is 0.821. The van der Waals surface area contributed by atoms with Crippen LogP contribution in [0.1, 0.15) is 38.5 Å². The summed E-state index contributed by atoms with van der Waals surface area (Å²) < 4.78 is 0. The number of aliphatic hydroxyl groups excluding tert-OH is 1. The minimum atomic E-state index is -0.152. The predicted molar refractivity (Wildman–Crippen MR) is 56.2 cm³/mol. The number of aliphatic hydroxyl groups is 1. The molecule has 0 spiro atoms. The smallest absolute Gasteiger partial charge is 0.225 e. The average molecular weight is 209 g/mol. The molecule has 3 aliphatic rings. The lowest BCUT2D eigenvalue weighted by atomic mass is 9.84. The highest BCUT2D eigenvalue weighted by Gasteiger charge is 2.44. The molecule has 3 unspecified atom stereocenters. The van der Waals surface area contributed by atoms with Crippen LogP contribution in [0, 0.1) is 11.8 Å². The standard InChI is InChI=1S/C12H19NO2/c14-11-5-4-10-6-9(11)7-13(10)12(15)8-2-1-3-8/h8-11,14H,1-7H2. The molecule has 1 amide bonds. The predicted octanol–water partition coefficient (Wildman–Crippen LogP) is 1.16. The monoisotopic (exact) mass is 209 g/mol. The van der Waals surface area contributed by atoms with Crippen molar-refractivity contribution in [1.29, 1.82) is 0 Å². The Hall–Kier alpha value is -0.570. The Kier molecular flexibility index (Phi) is 2.23. The fourth-order valence-corrected chi connectivity index (χ4v) is 3.26. The fraction of sp³-hybridized carbons (Fsp3) is 0.917. The normalized spacial score (nSPS) is 40.3. The molecular formula is C12H19NO2. The Morgan fingerprint density at radius 1 is 1.20 bits per heavy atom. The van der Waals surface area contributed by atoms with E-state index in [0.29, 0.717) is 23.8 Å². The van der Waals surface area contributed by atoms with Crippen molar-refractivity contribution in [2.24, 2.45) is 11.8 Å². The van der Waals surface area contributed by atoms with Gasteiger partial charge in [-0.1, -0.05) is 6.42 Å². The van der Waals surface area contributed by atoms with Crippen molar-refractivity contribution in [2.75, 3.05) is 6.54 Å². The second-order valence-corrected chi connectivity index (χ2v) is 5.41. The second-order valence-electron chi connectivity index (χ2n) is 5.41. The third-order valence-corrected chi connectivity index (χ3v) is 4.52. The van der Waals surface area contributed by atoms with Crippen molar-refractivity contribution in [2.45, 2.75) is 50.7 Å². The summed E-state index contributed by atoms with van der Waals surface area (Å²) >= 11 is 0. The molecular weight excluding hydrogens is 190 g/mol. The highest BCUT2D eigenvalue weighted by molar-refractivity contribution is 5.80. The molecule has 3 rings (SSSR count). The lowest BCUT2D eigenvalue weighted by Crippen LogP contribution is -2.41. The first-order valence-electron chi connectivity index (χ1n) is 6.24. The van der Waals surface area contributed by atoms with Gasteiger partial charge >= 0.3 is 0 Å². The maximum atomic E-state index is 12.1. The summed E-state index contributed by atoms with van der Waals surface area (Å²) in [7, 11) is 0. The molecule has 0 radical (unpaired) electrons. The van der Waals surface area contributed by atoms with Gasteiger partial charge in [0.15, 0.2) is 0 Å². The molecule has 0 aromatic rings. The molecule has 84 valence electrons. The van der Waals surface area contributed by atoms with E-state index in [1.54, 1.807) is 0 Å². The molecule has 1 heterocycles. The van der Waals surface area contributed by atoms with Gasteiger partial charge in [-0.15, -0.1) is 0 Å². The molecule has 3 nitrogen and oxygen atoms in total. The summed E-state index contributed by atoms with van der Waals surface area (Å²) in [4.78, 5) is 14.2. The lowest BCUT2D eigenvalue weighted by molar-refractivity contribution is -0.139. The summed E-state index contributed by atoms with van der Waals surface area (Å²) in [5, 5.41) is 9.77. The number of carbonyl (C=O) groups excluding carboxylic acids is 1. The van der Waals surface area contributed by atoms with Crippen molar-refractivity contribution in [3.05, 3.63) is 0 Å². The molecule has 1 aliphatic heterocycles. The van der Waals surface area contributed by atoms with Crippen LogP contribution in [0.25, 0.3) is 0 Å². The number of carbonyl (C=O) groups is 1. The highest BCUT2D eigenvalue weighted by Crippen LogP contribution is 2.38. The number of rotatable bonds is 1. The Labute approximate surface area is 90.5 Å². The summed E-state index contributed by atoms with van der Waals surface area (Å²) in [6, 6.07) is 0.450. The van der Waals surface area contributed by atoms with Crippen molar-refractivity contribution in [1.82, 2.24) is 4.90 Å². The van der Waals surface area contributed by atoms with Crippen molar-refractivity contribution >= 4 is 5.91 Å². The van der Waals surface area contributed by atoms with Crippen LogP contribution in [-0.2, 0) is 4.79 Å². The average Bonchev–Trinajstić information content (AvgIpc) is 2.48. The molecule has 2 saturated carbocycles. The number of likely N-dealkylation sites (tertiary alicyclic amines) is 1. The van der Waals surface area contributed by atoms with E-state index in [9.17, 15) is 9.90 Å². The van der Waals surface area contributed by atoms with E-state index in [1.165, 1.54) is 6.42 Å². The van der Waals surface area contributed by atoms with Gasteiger partial charge in [0.1, 0.15) is 0 Å². The van der Waals surface area contributed by atoms with Gasteiger partial charge in [0.25, 0.3) is 0 Å². The van der Waals surface area contributed by atoms with E-state index in [2.05, 4.69) is 4.90 Å². The molecule has 15 heavy (non-hydrogen) atoms. The Bertz CT molecular complexity index is 275. The summed E-state index contributed by atoms with van der Waals surface area (Å²) in [5.74, 6) is 1.07. The van der Waals surface area contributed by atoms with Crippen LogP contribution >= 0.6 is 0 Å². The maximum absolute atomic E-state index is 12.1. The molecule has 0 aromatic heterocycles. The van der Waals surface area contributed by atoms with E-state index in [-0.39, 0.29) is 6.10 Å². The van der Waals surface area contributed by atoms with Gasteiger partial charge in [0, 0.05) is 24.4 Å². The van der Waals surface area contributed by atoms with Gasteiger partial charge < -0.3 is 10.0 Å². The molecule has 3 fully saturated rings. The van der Waals surface area contributed by atoms with Crippen LogP contribution in [0.2, 0.25) is 0 Å². The van der Waals surface area contributed by atoms with Gasteiger partial charge in [-0.3, -0.25) is 4.79 Å². The Morgan fingerprint density at radius 3 is 2.60 bits per heavy atom. The van der Waals surface area contributed by atoms with E-state index in [1.807, 2.05) is 0 Å². The first-order valence-corrected chi connectivity index (χ1v) is 6.24. The number of nitrogens with zero attached hydrogens (tertiary/aromatic N) is 1. The minimum Gasteiger partial charge on any atom is -0.393 e. The molecule has 3 heteroatoms. The Balaban J connectivity index is 1.69. The SMILES string of the molecule is O=C(C1CCC1)N1CC2CC1CCC2O. The van der Waals surface area contributed by atoms with Crippen LogP contribution in [0.3, 0.4) is 0 Å². The fourth-order valence-electron chi connectivity index (χ4n) is 3.26. The molecule has 0 aromatic carbocycles. The lowest BCUT2D eigenvalue weighted by Gasteiger charge is -2.32. The highest BCUT2D eigenvalue weighted by atomic mass is 16.3. The van der Waals surface area contributed by atoms with Crippen LogP contribution in [0.15, 0.2) is 0 Å². The van der Waals surface area contributed by atoms with Crippen molar-refractivity contribution in [3.8, 4) is 0 Å². The van der Waals surface area contributed by atoms with E-state index in [0.717, 1.165) is 38.6 Å². The maximum Gasteiger partial charge on any atom is 0.225 e. The Morgan fingerprint density at radius 2 is 2.00 bits per heavy atom. The zero-order chi connectivity index (χ0) is 10.4. The van der Waals surface area contributed by atoms with E-state index < -0.39 is 0 Å². The van der Waals surface area contributed by atoms with Gasteiger partial charge in [0.2, 0.25) is 5.91 Å². The topological polar surface area (TPSA) is 40.5 Å². The molecule has 1 saturated heterocycles. The molecule has 1 N–H and O–H groups in total. The number of fused-ring (bicyclic) bond motifs is 2. The third kappa shape index (κ3) is 1.48. The van der Waals surface area contributed by atoms with Crippen molar-refractivity contribution in [3.63, 3.8) is 0 Å². The number of amides is 1. The molecule has 2 aliphatic carbocycles. The quantitative estimate of drug-likeness (QED) is 0.704. The third-order valence-electron chi connectivity index (χ3n) is 4.52. The molecule has 2 bridgehead atoms. The van der Waals surface area contributed by atoms with Gasteiger partial charge in [-0.05, 0) is 32.1 Å². The first kappa shape index (κ1) is 9.64. The summed E-state index contributed by atoms with van der Waals surface area (Å²) in [5.41, 5.74) is 0. The van der Waals surface area contributed by atoms with Crippen LogP contribution < -0.4 is 0 Å². The largest absolute Gasteiger partial charge is 0.393 e. The first-order chi connectivity index (χ1) is 7.25. The van der Waals surface area contributed by atoms with Crippen molar-refractivity contribution < 1.29 is 9.90 Å². The van der Waals surface area contributed by atoms with Gasteiger partial charge in [-0.2, -0.15) is 0 Å². The zero-order valence-corrected chi connectivity index (χ0v) is 9.06. The van der Waals surface area contributed by atoms with E-state index >= 15 is 0 Å².